The molecule has 0 saturated carbocycles. The molecule has 1 aromatic heterocycles. The molecule has 106 valence electrons. The molecule has 0 bridgehead atoms. The van der Waals surface area contributed by atoms with Gasteiger partial charge in [0, 0.05) is 5.56 Å². The highest BCUT2D eigenvalue weighted by molar-refractivity contribution is 9.10. The minimum absolute atomic E-state index is 0.0219. The predicted octanol–water partition coefficient (Wildman–Crippen LogP) is 1.97. The summed E-state index contributed by atoms with van der Waals surface area (Å²) in [5.74, 6) is 0.162. The number of hydrogen-bond donors (Lipinski definition) is 1. The lowest BCUT2D eigenvalue weighted by Crippen LogP contribution is -2.23. The van der Waals surface area contributed by atoms with Crippen LogP contribution in [0.25, 0.3) is 11.3 Å². The Balaban J connectivity index is 2.05. The maximum absolute atomic E-state index is 12.3. The molecule has 3 rings (SSSR count). The summed E-state index contributed by atoms with van der Waals surface area (Å²) in [6.07, 6.45) is 0.476. The van der Waals surface area contributed by atoms with Gasteiger partial charge >= 0.3 is 0 Å². The van der Waals surface area contributed by atoms with Gasteiger partial charge in [-0.05, 0) is 22.4 Å². The van der Waals surface area contributed by atoms with Crippen LogP contribution in [0.1, 0.15) is 12.5 Å². The van der Waals surface area contributed by atoms with Gasteiger partial charge in [-0.3, -0.25) is 9.89 Å². The normalized spacial score (nSPS) is 21.1. The first-order valence-corrected chi connectivity index (χ1v) is 8.85. The van der Waals surface area contributed by atoms with E-state index in [1.165, 1.54) is 4.68 Å². The molecule has 2 heterocycles. The number of nitrogens with zero attached hydrogens (tertiary/aromatic N) is 1. The van der Waals surface area contributed by atoms with Gasteiger partial charge in [0.1, 0.15) is 4.47 Å². The Kier molecular flexibility index (Phi) is 3.33. The summed E-state index contributed by atoms with van der Waals surface area (Å²) in [6, 6.07) is 9.16. The molecule has 1 aliphatic rings. The highest BCUT2D eigenvalue weighted by Gasteiger charge is 2.31. The fourth-order valence-electron chi connectivity index (χ4n) is 2.47. The topological polar surface area (TPSA) is 71.9 Å². The number of H-pyrrole nitrogens is 1. The third-order valence-corrected chi connectivity index (χ3v) is 5.98. The van der Waals surface area contributed by atoms with Gasteiger partial charge in [-0.25, -0.2) is 13.1 Å². The summed E-state index contributed by atoms with van der Waals surface area (Å²) in [5.41, 5.74) is 1.35. The van der Waals surface area contributed by atoms with E-state index in [-0.39, 0.29) is 23.1 Å². The first-order chi connectivity index (χ1) is 9.48. The summed E-state index contributed by atoms with van der Waals surface area (Å²) in [6.45, 7) is 0. The fraction of sp³-hybridized carbons (Fsp3) is 0.308. The second-order valence-corrected chi connectivity index (χ2v) is 7.92. The molecule has 2 aromatic rings. The van der Waals surface area contributed by atoms with Gasteiger partial charge in [0.05, 0.1) is 23.2 Å². The van der Waals surface area contributed by atoms with Crippen LogP contribution >= 0.6 is 15.9 Å². The summed E-state index contributed by atoms with van der Waals surface area (Å²) < 4.78 is 25.0. The monoisotopic (exact) mass is 356 g/mol. The largest absolute Gasteiger partial charge is 0.293 e. The van der Waals surface area contributed by atoms with E-state index in [0.29, 0.717) is 16.6 Å². The van der Waals surface area contributed by atoms with Crippen LogP contribution in [-0.2, 0) is 9.84 Å². The fourth-order valence-corrected chi connectivity index (χ4v) is 4.67. The maximum Gasteiger partial charge on any atom is 0.281 e. The van der Waals surface area contributed by atoms with Crippen molar-refractivity contribution in [2.45, 2.75) is 12.5 Å². The average Bonchev–Trinajstić information content (AvgIpc) is 2.93. The zero-order valence-electron chi connectivity index (χ0n) is 10.5. The van der Waals surface area contributed by atoms with Crippen LogP contribution in [0.5, 0.6) is 0 Å². The van der Waals surface area contributed by atoms with E-state index in [1.807, 2.05) is 30.3 Å². The standard InChI is InChI=1S/C13H13BrN2O3S/c14-11-12(9-4-2-1-3-5-9)15-16(13(11)17)10-6-7-20(18,19)8-10/h1-5,10,15H,6-8H2. The van der Waals surface area contributed by atoms with Crippen LogP contribution in [0.3, 0.4) is 0 Å². The Morgan fingerprint density at radius 2 is 1.95 bits per heavy atom. The van der Waals surface area contributed by atoms with Crippen LogP contribution in [0.15, 0.2) is 39.6 Å². The molecular formula is C13H13BrN2O3S. The van der Waals surface area contributed by atoms with Crippen LogP contribution in [0, 0.1) is 0 Å². The number of halogens is 1. The van der Waals surface area contributed by atoms with Gasteiger partial charge in [0.25, 0.3) is 5.56 Å². The number of hydrogen-bond acceptors (Lipinski definition) is 3. The second kappa shape index (κ2) is 4.89. The lowest BCUT2D eigenvalue weighted by atomic mass is 10.2. The number of aromatic amines is 1. The summed E-state index contributed by atoms with van der Waals surface area (Å²) in [7, 11) is -3.02. The molecule has 1 unspecified atom stereocenters. The van der Waals surface area contributed by atoms with Crippen molar-refractivity contribution < 1.29 is 8.42 Å². The van der Waals surface area contributed by atoms with Crippen molar-refractivity contribution in [1.82, 2.24) is 9.78 Å². The van der Waals surface area contributed by atoms with E-state index in [2.05, 4.69) is 21.0 Å². The van der Waals surface area contributed by atoms with Crippen LogP contribution in [-0.4, -0.2) is 29.7 Å². The number of aromatic nitrogens is 2. The highest BCUT2D eigenvalue weighted by Crippen LogP contribution is 2.27. The molecular weight excluding hydrogens is 344 g/mol. The molecule has 1 atom stereocenters. The smallest absolute Gasteiger partial charge is 0.281 e. The van der Waals surface area contributed by atoms with E-state index in [0.717, 1.165) is 5.56 Å². The molecule has 20 heavy (non-hydrogen) atoms. The van der Waals surface area contributed by atoms with Crippen molar-refractivity contribution in [2.24, 2.45) is 0 Å². The van der Waals surface area contributed by atoms with E-state index in [9.17, 15) is 13.2 Å². The molecule has 0 amide bonds. The molecule has 1 saturated heterocycles. The van der Waals surface area contributed by atoms with Crippen molar-refractivity contribution in [3.63, 3.8) is 0 Å². The zero-order chi connectivity index (χ0) is 14.3. The molecule has 1 aromatic carbocycles. The quantitative estimate of drug-likeness (QED) is 0.893. The summed E-state index contributed by atoms with van der Waals surface area (Å²) in [4.78, 5) is 12.3. The predicted molar refractivity (Wildman–Crippen MR) is 80.5 cm³/mol. The molecule has 0 spiro atoms. The zero-order valence-corrected chi connectivity index (χ0v) is 12.9. The number of rotatable bonds is 2. The third kappa shape index (κ3) is 2.35. The van der Waals surface area contributed by atoms with Gasteiger partial charge < -0.3 is 0 Å². The van der Waals surface area contributed by atoms with Gasteiger partial charge in [0.15, 0.2) is 9.84 Å². The second-order valence-electron chi connectivity index (χ2n) is 4.90. The van der Waals surface area contributed by atoms with Gasteiger partial charge in [-0.2, -0.15) is 0 Å². The van der Waals surface area contributed by atoms with E-state index in [4.69, 9.17) is 0 Å². The minimum Gasteiger partial charge on any atom is -0.293 e. The summed E-state index contributed by atoms with van der Waals surface area (Å²) in [5, 5.41) is 3.04. The van der Waals surface area contributed by atoms with E-state index in [1.54, 1.807) is 0 Å². The first-order valence-electron chi connectivity index (χ1n) is 6.24. The van der Waals surface area contributed by atoms with Crippen molar-refractivity contribution in [3.8, 4) is 11.3 Å². The highest BCUT2D eigenvalue weighted by atomic mass is 79.9. The number of sulfone groups is 1. The van der Waals surface area contributed by atoms with Crippen LogP contribution < -0.4 is 5.56 Å². The Labute approximate surface area is 124 Å². The van der Waals surface area contributed by atoms with Crippen molar-refractivity contribution in [2.75, 3.05) is 11.5 Å². The lowest BCUT2D eigenvalue weighted by Gasteiger charge is -2.08. The van der Waals surface area contributed by atoms with E-state index >= 15 is 0 Å². The molecule has 1 N–H and O–H groups in total. The van der Waals surface area contributed by atoms with Crippen LogP contribution in [0.4, 0.5) is 0 Å². The van der Waals surface area contributed by atoms with Gasteiger partial charge in [-0.1, -0.05) is 30.3 Å². The van der Waals surface area contributed by atoms with Crippen molar-refractivity contribution in [1.29, 1.82) is 0 Å². The third-order valence-electron chi connectivity index (χ3n) is 3.49. The Morgan fingerprint density at radius 3 is 2.55 bits per heavy atom. The molecule has 1 aliphatic heterocycles. The van der Waals surface area contributed by atoms with Crippen molar-refractivity contribution >= 4 is 25.8 Å². The van der Waals surface area contributed by atoms with Gasteiger partial charge in [0.2, 0.25) is 0 Å². The number of benzene rings is 1. The first kappa shape index (κ1) is 13.6. The molecule has 1 fully saturated rings. The molecule has 0 radical (unpaired) electrons. The maximum atomic E-state index is 12.3. The van der Waals surface area contributed by atoms with E-state index < -0.39 is 9.84 Å². The summed E-state index contributed by atoms with van der Waals surface area (Å²) >= 11 is 3.30. The average molecular weight is 357 g/mol. The van der Waals surface area contributed by atoms with Gasteiger partial charge in [-0.15, -0.1) is 0 Å². The molecule has 7 heteroatoms. The molecule has 0 aliphatic carbocycles. The SMILES string of the molecule is O=c1c(Br)c(-c2ccccc2)[nH]n1C1CCS(=O)(=O)C1. The number of nitrogens with one attached hydrogen (secondary N) is 1. The van der Waals surface area contributed by atoms with Crippen molar-refractivity contribution in [3.05, 3.63) is 45.2 Å². The minimum atomic E-state index is -3.02. The Hall–Kier alpha value is -1.34. The Morgan fingerprint density at radius 1 is 1.25 bits per heavy atom. The van der Waals surface area contributed by atoms with Crippen LogP contribution in [0.2, 0.25) is 0 Å². The lowest BCUT2D eigenvalue weighted by molar-refractivity contribution is 0.487. The Bertz CT molecular complexity index is 793. The molecule has 5 nitrogen and oxygen atoms in total.